The highest BCUT2D eigenvalue weighted by molar-refractivity contribution is 6.31. The van der Waals surface area contributed by atoms with Crippen molar-refractivity contribution < 1.29 is 32.6 Å². The summed E-state index contributed by atoms with van der Waals surface area (Å²) < 4.78 is 34.0. The van der Waals surface area contributed by atoms with Crippen molar-refractivity contribution in [2.24, 2.45) is 0 Å². The maximum atomic E-state index is 13.2. The number of methoxy groups -OCH3 is 2. The zero-order valence-electron chi connectivity index (χ0n) is 16.0. The third-order valence-electron chi connectivity index (χ3n) is 4.11. The molecule has 0 bridgehead atoms. The quantitative estimate of drug-likeness (QED) is 0.543. The molecule has 0 unspecified atom stereocenters. The van der Waals surface area contributed by atoms with Gasteiger partial charge in [-0.1, -0.05) is 17.7 Å². The first-order valence-corrected chi connectivity index (χ1v) is 9.02. The van der Waals surface area contributed by atoms with Crippen molar-refractivity contribution in [1.82, 2.24) is 0 Å². The highest BCUT2D eigenvalue weighted by atomic mass is 35.5. The van der Waals surface area contributed by atoms with E-state index in [0.717, 1.165) is 6.07 Å². The predicted molar refractivity (Wildman–Crippen MR) is 107 cm³/mol. The molecule has 0 fully saturated rings. The minimum absolute atomic E-state index is 0.0193. The van der Waals surface area contributed by atoms with Crippen LogP contribution in [0.1, 0.15) is 26.5 Å². The van der Waals surface area contributed by atoms with Crippen molar-refractivity contribution >= 4 is 29.2 Å². The van der Waals surface area contributed by atoms with Crippen molar-refractivity contribution in [3.63, 3.8) is 0 Å². The summed E-state index contributed by atoms with van der Waals surface area (Å²) in [6.45, 7) is -0.197. The topological polar surface area (TPSA) is 87.0 Å². The van der Waals surface area contributed by atoms with Gasteiger partial charge in [0, 0.05) is 17.7 Å². The number of esters is 1. The van der Waals surface area contributed by atoms with Crippen LogP contribution >= 0.6 is 11.6 Å². The summed E-state index contributed by atoms with van der Waals surface area (Å²) >= 11 is 5.97. The first kappa shape index (κ1) is 21.2. The largest absolute Gasteiger partial charge is 0.493 e. The molecule has 0 spiro atoms. The summed E-state index contributed by atoms with van der Waals surface area (Å²) in [6.07, 6.45) is 1.35. The molecule has 0 radical (unpaired) electrons. The minimum Gasteiger partial charge on any atom is -0.493 e. The highest BCUT2D eigenvalue weighted by Crippen LogP contribution is 2.34. The average molecular weight is 434 g/mol. The monoisotopic (exact) mass is 433 g/mol. The van der Waals surface area contributed by atoms with E-state index in [9.17, 15) is 14.0 Å². The zero-order chi connectivity index (χ0) is 21.7. The first-order chi connectivity index (χ1) is 14.4. The van der Waals surface area contributed by atoms with Crippen LogP contribution in [0.3, 0.4) is 0 Å². The van der Waals surface area contributed by atoms with Gasteiger partial charge in [0.25, 0.3) is 5.91 Å². The third kappa shape index (κ3) is 4.72. The van der Waals surface area contributed by atoms with E-state index in [1.54, 1.807) is 6.07 Å². The van der Waals surface area contributed by atoms with Gasteiger partial charge >= 0.3 is 5.97 Å². The second-order valence-corrected chi connectivity index (χ2v) is 6.40. The Bertz CT molecular complexity index is 1070. The summed E-state index contributed by atoms with van der Waals surface area (Å²) in [5, 5.41) is 2.72. The number of nitrogens with one attached hydrogen (secondary N) is 1. The van der Waals surface area contributed by atoms with Crippen molar-refractivity contribution in [3.8, 4) is 11.5 Å². The van der Waals surface area contributed by atoms with Crippen LogP contribution < -0.4 is 14.8 Å². The van der Waals surface area contributed by atoms with Gasteiger partial charge in [-0.25, -0.2) is 9.18 Å². The summed E-state index contributed by atoms with van der Waals surface area (Å²) in [6, 6.07) is 9.60. The summed E-state index contributed by atoms with van der Waals surface area (Å²) in [5.41, 5.74) is 0.572. The minimum atomic E-state index is -0.758. The predicted octanol–water partition coefficient (Wildman–Crippen LogP) is 4.70. The van der Waals surface area contributed by atoms with E-state index >= 15 is 0 Å². The number of ether oxygens (including phenoxy) is 3. The van der Waals surface area contributed by atoms with Crippen LogP contribution in [0.4, 0.5) is 10.1 Å². The number of benzene rings is 2. The Morgan fingerprint density at radius 3 is 2.47 bits per heavy atom. The van der Waals surface area contributed by atoms with Crippen LogP contribution in [0.15, 0.2) is 53.1 Å². The van der Waals surface area contributed by atoms with Crippen molar-refractivity contribution in [1.29, 1.82) is 0 Å². The molecule has 0 aliphatic heterocycles. The van der Waals surface area contributed by atoms with E-state index in [1.807, 2.05) is 0 Å². The van der Waals surface area contributed by atoms with E-state index in [1.165, 1.54) is 50.8 Å². The smallest absolute Gasteiger partial charge is 0.340 e. The summed E-state index contributed by atoms with van der Waals surface area (Å²) in [7, 11) is 2.83. The summed E-state index contributed by atoms with van der Waals surface area (Å²) in [4.78, 5) is 25.1. The third-order valence-corrected chi connectivity index (χ3v) is 4.46. The van der Waals surface area contributed by atoms with Crippen molar-refractivity contribution in [2.45, 2.75) is 6.61 Å². The van der Waals surface area contributed by atoms with Crippen LogP contribution in [0, 0.1) is 5.82 Å². The zero-order valence-corrected chi connectivity index (χ0v) is 16.8. The van der Waals surface area contributed by atoms with E-state index < -0.39 is 17.7 Å². The fourth-order valence-corrected chi connectivity index (χ4v) is 2.82. The molecule has 1 aromatic heterocycles. The molecule has 2 aromatic carbocycles. The number of hydrogen-bond donors (Lipinski definition) is 1. The van der Waals surface area contributed by atoms with Crippen LogP contribution in [0.25, 0.3) is 0 Å². The molecule has 30 heavy (non-hydrogen) atoms. The van der Waals surface area contributed by atoms with Gasteiger partial charge in [-0.3, -0.25) is 4.79 Å². The van der Waals surface area contributed by atoms with E-state index in [0.29, 0.717) is 11.3 Å². The number of amides is 1. The molecule has 0 aliphatic rings. The molecule has 0 aliphatic carbocycles. The van der Waals surface area contributed by atoms with Gasteiger partial charge in [-0.05, 0) is 24.3 Å². The fourth-order valence-electron chi connectivity index (χ4n) is 2.60. The van der Waals surface area contributed by atoms with Gasteiger partial charge in [0.15, 0.2) is 17.3 Å². The molecule has 1 amide bonds. The van der Waals surface area contributed by atoms with Crippen LogP contribution in [-0.4, -0.2) is 26.1 Å². The molecule has 156 valence electrons. The Morgan fingerprint density at radius 2 is 1.83 bits per heavy atom. The lowest BCUT2D eigenvalue weighted by Crippen LogP contribution is -2.16. The van der Waals surface area contributed by atoms with Crippen LogP contribution in [0.2, 0.25) is 5.02 Å². The Kier molecular flexibility index (Phi) is 6.58. The Morgan fingerprint density at radius 1 is 1.10 bits per heavy atom. The first-order valence-electron chi connectivity index (χ1n) is 8.65. The van der Waals surface area contributed by atoms with Gasteiger partial charge in [0.1, 0.15) is 12.4 Å². The molecule has 3 rings (SSSR count). The van der Waals surface area contributed by atoms with Gasteiger partial charge in [-0.15, -0.1) is 0 Å². The van der Waals surface area contributed by atoms with E-state index in [2.05, 4.69) is 5.32 Å². The number of rotatable bonds is 7. The number of carbonyl (C=O) groups excluding carboxylic acids is 2. The van der Waals surface area contributed by atoms with Gasteiger partial charge in [0.05, 0.1) is 36.8 Å². The number of carbonyl (C=O) groups is 2. The molecule has 3 aromatic rings. The average Bonchev–Trinajstić information content (AvgIpc) is 3.27. The van der Waals surface area contributed by atoms with E-state index in [-0.39, 0.29) is 34.4 Å². The molecular weight excluding hydrogens is 417 g/mol. The number of anilines is 1. The molecule has 1 N–H and O–H groups in total. The van der Waals surface area contributed by atoms with Gasteiger partial charge in [0.2, 0.25) is 0 Å². The standard InChI is InChI=1S/C21H17ClFNO6/c1-27-18-9-14(21(26)30-11-12-5-6-13(23)8-15(12)22)16(10-19(18)28-2)24-20(25)17-4-3-7-29-17/h3-10H,11H2,1-2H3,(H,24,25). The Balaban J connectivity index is 1.88. The SMILES string of the molecule is COc1cc(NC(=O)c2ccco2)c(C(=O)OCc2ccc(F)cc2Cl)cc1OC. The number of furan rings is 1. The lowest BCUT2D eigenvalue weighted by molar-refractivity contribution is 0.0473. The van der Waals surface area contributed by atoms with Crippen LogP contribution in [0.5, 0.6) is 11.5 Å². The second kappa shape index (κ2) is 9.32. The Hall–Kier alpha value is -3.52. The van der Waals surface area contributed by atoms with Crippen molar-refractivity contribution in [3.05, 3.63) is 76.5 Å². The molecule has 9 heteroatoms. The number of hydrogen-bond acceptors (Lipinski definition) is 6. The lowest BCUT2D eigenvalue weighted by Gasteiger charge is -2.15. The number of halogens is 2. The fraction of sp³-hybridized carbons (Fsp3) is 0.143. The van der Waals surface area contributed by atoms with E-state index in [4.69, 9.17) is 30.2 Å². The second-order valence-electron chi connectivity index (χ2n) is 6.00. The maximum Gasteiger partial charge on any atom is 0.340 e. The molecule has 1 heterocycles. The molecule has 7 nitrogen and oxygen atoms in total. The van der Waals surface area contributed by atoms with Crippen molar-refractivity contribution in [2.75, 3.05) is 19.5 Å². The Labute approximate surface area is 176 Å². The molecular formula is C21H17ClFNO6. The lowest BCUT2D eigenvalue weighted by atomic mass is 10.1. The molecule has 0 saturated heterocycles. The normalized spacial score (nSPS) is 10.4. The maximum absolute atomic E-state index is 13.2. The molecule has 0 atom stereocenters. The van der Waals surface area contributed by atoms with Gasteiger partial charge in [-0.2, -0.15) is 0 Å². The highest BCUT2D eigenvalue weighted by Gasteiger charge is 2.21. The van der Waals surface area contributed by atoms with Crippen LogP contribution in [-0.2, 0) is 11.3 Å². The van der Waals surface area contributed by atoms with Gasteiger partial charge < -0.3 is 23.9 Å². The molecule has 0 saturated carbocycles. The summed E-state index contributed by atoms with van der Waals surface area (Å²) in [5.74, 6) is -1.21.